The number of nitrogens with two attached hydrogens (primary N) is 2. The number of thiophene rings is 1. The summed E-state index contributed by atoms with van der Waals surface area (Å²) in [6.45, 7) is 7.06. The number of rotatable bonds is 7. The van der Waals surface area contributed by atoms with Gasteiger partial charge >= 0.3 is 0 Å². The van der Waals surface area contributed by atoms with Crippen molar-refractivity contribution in [3.05, 3.63) is 22.4 Å². The van der Waals surface area contributed by atoms with Crippen LogP contribution in [-0.4, -0.2) is 39.9 Å². The van der Waals surface area contributed by atoms with Crippen LogP contribution in [0.5, 0.6) is 0 Å². The number of aliphatic hydroxyl groups is 1. The Morgan fingerprint density at radius 2 is 2.22 bits per heavy atom. The molecular weight excluding hydrogens is 350 g/mol. The van der Waals surface area contributed by atoms with E-state index < -0.39 is 5.91 Å². The van der Waals surface area contributed by atoms with Crippen molar-refractivity contribution in [2.24, 2.45) is 5.73 Å². The molecule has 2 heterocycles. The van der Waals surface area contributed by atoms with Gasteiger partial charge in [0.15, 0.2) is 4.34 Å². The van der Waals surface area contributed by atoms with Gasteiger partial charge in [0.05, 0.1) is 21.0 Å². The molecule has 0 saturated heterocycles. The molecular formula is C15H22N3O2S3+. The molecule has 2 rings (SSSR count). The Labute approximate surface area is 148 Å². The Balaban J connectivity index is 1.88. The number of hydrogen-bond donors (Lipinski definition) is 3. The quantitative estimate of drug-likeness (QED) is 0.646. The summed E-state index contributed by atoms with van der Waals surface area (Å²) in [5.41, 5.74) is 6.24. The third-order valence-electron chi connectivity index (χ3n) is 2.99. The predicted molar refractivity (Wildman–Crippen MR) is 97.2 cm³/mol. The van der Waals surface area contributed by atoms with E-state index in [2.05, 4.69) is 31.1 Å². The van der Waals surface area contributed by atoms with Crippen molar-refractivity contribution < 1.29 is 15.2 Å². The highest BCUT2D eigenvalue weighted by molar-refractivity contribution is 8.01. The smallest absolute Gasteiger partial charge is 0.258 e. The third-order valence-corrected chi connectivity index (χ3v) is 6.27. The van der Waals surface area contributed by atoms with Crippen LogP contribution in [-0.2, 0) is 0 Å². The average molecular weight is 373 g/mol. The topological polar surface area (TPSA) is 92.8 Å². The minimum absolute atomic E-state index is 0.122. The van der Waals surface area contributed by atoms with E-state index >= 15 is 0 Å². The van der Waals surface area contributed by atoms with Crippen LogP contribution in [0.3, 0.4) is 0 Å². The largest absolute Gasteiger partial charge is 0.386 e. The van der Waals surface area contributed by atoms with Crippen LogP contribution in [0.25, 0.3) is 10.6 Å². The van der Waals surface area contributed by atoms with Crippen LogP contribution < -0.4 is 11.1 Å². The molecule has 0 aliphatic heterocycles. The van der Waals surface area contributed by atoms with Crippen molar-refractivity contribution in [1.29, 1.82) is 0 Å². The second kappa shape index (κ2) is 7.76. The molecule has 1 amide bonds. The van der Waals surface area contributed by atoms with Crippen LogP contribution in [0.15, 0.2) is 21.9 Å². The number of thiazole rings is 1. The molecule has 0 saturated carbocycles. The van der Waals surface area contributed by atoms with Crippen molar-refractivity contribution in [2.45, 2.75) is 36.8 Å². The Hall–Kier alpha value is -0.930. The van der Waals surface area contributed by atoms with Crippen molar-refractivity contribution in [3.63, 3.8) is 0 Å². The lowest BCUT2D eigenvalue weighted by molar-refractivity contribution is -0.721. The number of quaternary nitrogens is 1. The van der Waals surface area contributed by atoms with E-state index in [4.69, 9.17) is 5.73 Å². The lowest BCUT2D eigenvalue weighted by atomic mass is 10.1. The second-order valence-corrected chi connectivity index (χ2v) is 9.51. The van der Waals surface area contributed by atoms with E-state index in [1.165, 1.54) is 11.3 Å². The molecule has 5 N–H and O–H groups in total. The highest BCUT2D eigenvalue weighted by Gasteiger charge is 2.17. The molecule has 0 aromatic carbocycles. The summed E-state index contributed by atoms with van der Waals surface area (Å²) in [5, 5.41) is 14.1. The first-order valence-electron chi connectivity index (χ1n) is 7.25. The number of nitrogens with zero attached hydrogens (tertiary/aromatic N) is 1. The standard InChI is InChI=1S/C15H21N3O2S3/c1-15(2,3)17-6-9(19)7-21-14-18-10(8-22-14)11-4-5-12(23-11)13(16)20/h4-5,8-9,17,19H,6-7H2,1-3H3,(H2,16,20)/p+1/t9-/m0/s1. The maximum Gasteiger partial charge on any atom is 0.258 e. The number of carbonyl (C=O) groups excluding carboxylic acids is 1. The molecule has 2 aromatic rings. The molecule has 8 heteroatoms. The first-order valence-corrected chi connectivity index (χ1v) is 9.93. The highest BCUT2D eigenvalue weighted by atomic mass is 32.2. The Morgan fingerprint density at radius 1 is 1.48 bits per heavy atom. The molecule has 0 spiro atoms. The van der Waals surface area contributed by atoms with Gasteiger partial charge in [-0.2, -0.15) is 0 Å². The van der Waals surface area contributed by atoms with Crippen LogP contribution in [0.1, 0.15) is 30.4 Å². The first kappa shape index (κ1) is 18.4. The third kappa shape index (κ3) is 5.89. The van der Waals surface area contributed by atoms with Gasteiger partial charge in [-0.1, -0.05) is 11.8 Å². The normalized spacial score (nSPS) is 13.2. The summed E-state index contributed by atoms with van der Waals surface area (Å²) in [4.78, 5) is 17.2. The number of aromatic nitrogens is 1. The van der Waals surface area contributed by atoms with Crippen molar-refractivity contribution in [1.82, 2.24) is 4.98 Å². The molecule has 0 aliphatic rings. The minimum Gasteiger partial charge on any atom is -0.386 e. The Morgan fingerprint density at radius 3 is 2.83 bits per heavy atom. The Bertz CT molecular complexity index is 661. The van der Waals surface area contributed by atoms with Gasteiger partial charge < -0.3 is 16.2 Å². The van der Waals surface area contributed by atoms with Crippen LogP contribution >= 0.6 is 34.4 Å². The van der Waals surface area contributed by atoms with Gasteiger partial charge in [-0.3, -0.25) is 4.79 Å². The lowest BCUT2D eigenvalue weighted by Gasteiger charge is -2.18. The molecule has 5 nitrogen and oxygen atoms in total. The molecule has 0 bridgehead atoms. The molecule has 0 radical (unpaired) electrons. The number of hydrogen-bond acceptors (Lipinski definition) is 6. The molecule has 1 atom stereocenters. The van der Waals surface area contributed by atoms with Gasteiger partial charge in [-0.25, -0.2) is 4.98 Å². The second-order valence-electron chi connectivity index (χ2n) is 6.30. The molecule has 0 aliphatic carbocycles. The van der Waals surface area contributed by atoms with Crippen LogP contribution in [0, 0.1) is 0 Å². The van der Waals surface area contributed by atoms with Crippen molar-refractivity contribution in [2.75, 3.05) is 12.3 Å². The summed E-state index contributed by atoms with van der Waals surface area (Å²) in [7, 11) is 0. The number of thioether (sulfide) groups is 1. The molecule has 23 heavy (non-hydrogen) atoms. The maximum absolute atomic E-state index is 11.1. The zero-order chi connectivity index (χ0) is 17.0. The van der Waals surface area contributed by atoms with Gasteiger partial charge in [0.2, 0.25) is 0 Å². The van der Waals surface area contributed by atoms with Crippen molar-refractivity contribution >= 4 is 40.3 Å². The zero-order valence-corrected chi connectivity index (χ0v) is 15.9. The SMILES string of the molecule is CC(C)(C)[NH2+]C[C@H](O)CSc1nc(-c2ccc(C(N)=O)s2)cs1. The molecule has 0 unspecified atom stereocenters. The van der Waals surface area contributed by atoms with E-state index in [9.17, 15) is 9.90 Å². The molecule has 2 aromatic heterocycles. The molecule has 0 fully saturated rings. The van der Waals surface area contributed by atoms with Gasteiger partial charge in [-0.15, -0.1) is 22.7 Å². The van der Waals surface area contributed by atoms with E-state index in [0.29, 0.717) is 17.2 Å². The van der Waals surface area contributed by atoms with Crippen molar-refractivity contribution in [3.8, 4) is 10.6 Å². The Kier molecular flexibility index (Phi) is 6.21. The fourth-order valence-corrected chi connectivity index (χ4v) is 4.46. The van der Waals surface area contributed by atoms with E-state index in [-0.39, 0.29) is 11.6 Å². The van der Waals surface area contributed by atoms with E-state index in [1.54, 1.807) is 29.2 Å². The summed E-state index contributed by atoms with van der Waals surface area (Å²) in [5.74, 6) is 0.209. The fraction of sp³-hybridized carbons (Fsp3) is 0.467. The summed E-state index contributed by atoms with van der Waals surface area (Å²) in [6.07, 6.45) is -0.366. The number of amides is 1. The monoisotopic (exact) mass is 372 g/mol. The van der Waals surface area contributed by atoms with E-state index in [1.807, 2.05) is 11.4 Å². The predicted octanol–water partition coefficient (Wildman–Crippen LogP) is 1.79. The zero-order valence-electron chi connectivity index (χ0n) is 13.4. The van der Waals surface area contributed by atoms with Gasteiger partial charge in [0.1, 0.15) is 12.6 Å². The minimum atomic E-state index is -0.413. The maximum atomic E-state index is 11.1. The van der Waals surface area contributed by atoms with E-state index in [0.717, 1.165) is 14.9 Å². The molecule has 126 valence electrons. The highest BCUT2D eigenvalue weighted by Crippen LogP contribution is 2.32. The summed E-state index contributed by atoms with van der Waals surface area (Å²) < 4.78 is 0.920. The number of aliphatic hydroxyl groups excluding tert-OH is 1. The van der Waals surface area contributed by atoms with Crippen LogP contribution in [0.4, 0.5) is 0 Å². The summed E-state index contributed by atoms with van der Waals surface area (Å²) >= 11 is 4.46. The van der Waals surface area contributed by atoms with Gasteiger partial charge in [-0.05, 0) is 32.9 Å². The fourth-order valence-electron chi connectivity index (χ4n) is 1.77. The van der Waals surface area contributed by atoms with Crippen LogP contribution in [0.2, 0.25) is 0 Å². The summed E-state index contributed by atoms with van der Waals surface area (Å²) in [6, 6.07) is 3.59. The van der Waals surface area contributed by atoms with Gasteiger partial charge in [0.25, 0.3) is 5.91 Å². The number of primary amides is 1. The van der Waals surface area contributed by atoms with Gasteiger partial charge in [0, 0.05) is 11.1 Å². The lowest BCUT2D eigenvalue weighted by Crippen LogP contribution is -2.96. The average Bonchev–Trinajstić information content (AvgIpc) is 3.10. The first-order chi connectivity index (χ1) is 10.7. The number of carbonyl (C=O) groups is 1.